The van der Waals surface area contributed by atoms with Gasteiger partial charge in [-0.15, -0.1) is 0 Å². The van der Waals surface area contributed by atoms with Gasteiger partial charge in [0.2, 0.25) is 17.8 Å². The zero-order valence-electron chi connectivity index (χ0n) is 21.7. The molecule has 0 saturated carbocycles. The van der Waals surface area contributed by atoms with Gasteiger partial charge in [-0.05, 0) is 38.3 Å². The summed E-state index contributed by atoms with van der Waals surface area (Å²) in [5.74, 6) is -0.547. The summed E-state index contributed by atoms with van der Waals surface area (Å²) in [7, 11) is 0. The third-order valence-corrected chi connectivity index (χ3v) is 6.06. The minimum atomic E-state index is -0.598. The van der Waals surface area contributed by atoms with Crippen LogP contribution in [0.4, 0.5) is 5.95 Å². The number of amides is 2. The maximum absolute atomic E-state index is 13.2. The first kappa shape index (κ1) is 28.1. The van der Waals surface area contributed by atoms with E-state index in [-0.39, 0.29) is 29.4 Å². The molecule has 0 atom stereocenters. The molecular formula is C26H31N7O5. The summed E-state index contributed by atoms with van der Waals surface area (Å²) in [6, 6.07) is -0.340. The van der Waals surface area contributed by atoms with Crippen LogP contribution < -0.4 is 16.6 Å². The Hall–Kier alpha value is -4.45. The monoisotopic (exact) mass is 521 g/mol. The van der Waals surface area contributed by atoms with E-state index in [1.165, 1.54) is 36.0 Å². The van der Waals surface area contributed by atoms with Crippen LogP contribution >= 0.6 is 0 Å². The molecule has 12 heteroatoms. The van der Waals surface area contributed by atoms with E-state index >= 15 is 0 Å². The van der Waals surface area contributed by atoms with E-state index in [0.29, 0.717) is 48.6 Å². The molecule has 0 aromatic carbocycles. The summed E-state index contributed by atoms with van der Waals surface area (Å²) >= 11 is 0. The second-order valence-electron chi connectivity index (χ2n) is 8.89. The van der Waals surface area contributed by atoms with Crippen molar-refractivity contribution in [3.8, 4) is 0 Å². The molecule has 1 saturated heterocycles. The Kier molecular flexibility index (Phi) is 9.02. The van der Waals surface area contributed by atoms with Crippen molar-refractivity contribution < 1.29 is 14.7 Å². The molecule has 200 valence electrons. The zero-order valence-corrected chi connectivity index (χ0v) is 21.7. The Bertz CT molecular complexity index is 1420. The second kappa shape index (κ2) is 12.2. The number of carbonyl (C=O) groups excluding carboxylic acids is 2. The SMILES string of the molecule is C=CC(=NC(=C(C)C)c1c(C=C)c(=O)[nH]c(=O)n1C1CCN(C(=O)CO)CC1)c1cnc(NC(C)=O)nc1. The molecular weight excluding hydrogens is 490 g/mol. The highest BCUT2D eigenvalue weighted by Gasteiger charge is 2.28. The number of allylic oxidation sites excluding steroid dienone is 2. The maximum atomic E-state index is 13.2. The number of piperidine rings is 1. The number of aromatic amines is 1. The summed E-state index contributed by atoms with van der Waals surface area (Å²) in [5.41, 5.74) is 1.26. The molecule has 3 heterocycles. The number of aromatic nitrogens is 4. The molecule has 0 radical (unpaired) electrons. The Labute approximate surface area is 219 Å². The smallest absolute Gasteiger partial charge is 0.329 e. The van der Waals surface area contributed by atoms with Crippen molar-refractivity contribution in [2.75, 3.05) is 25.0 Å². The molecule has 0 unspecified atom stereocenters. The Morgan fingerprint density at radius 2 is 1.82 bits per heavy atom. The molecule has 0 bridgehead atoms. The van der Waals surface area contributed by atoms with Crippen LogP contribution in [-0.4, -0.2) is 66.7 Å². The summed E-state index contributed by atoms with van der Waals surface area (Å²) in [5, 5.41) is 11.7. The Morgan fingerprint density at radius 1 is 1.18 bits per heavy atom. The average Bonchev–Trinajstić information content (AvgIpc) is 2.89. The van der Waals surface area contributed by atoms with Crippen LogP contribution in [0.25, 0.3) is 11.8 Å². The maximum Gasteiger partial charge on any atom is 0.329 e. The highest BCUT2D eigenvalue weighted by Crippen LogP contribution is 2.29. The number of nitrogens with zero attached hydrogens (tertiary/aromatic N) is 5. The van der Waals surface area contributed by atoms with Gasteiger partial charge in [-0.3, -0.25) is 29.3 Å². The van der Waals surface area contributed by atoms with E-state index in [1.54, 1.807) is 18.7 Å². The fourth-order valence-corrected chi connectivity index (χ4v) is 4.25. The lowest BCUT2D eigenvalue weighted by atomic mass is 10.0. The van der Waals surface area contributed by atoms with Crippen molar-refractivity contribution in [1.29, 1.82) is 0 Å². The number of hydrogen-bond acceptors (Lipinski definition) is 8. The standard InChI is InChI=1S/C26H31N7O5/c1-6-19-23(33(26(38)31-24(19)37)18-8-10-32(11-9-18)21(36)14-34)22(15(3)4)30-20(7-2)17-12-27-25(28-13-17)29-16(5)35/h6-7,12-13,18,34H,1-2,8-11,14H2,3-5H3,(H,31,37,38)(H,27,28,29,35). The van der Waals surface area contributed by atoms with Gasteiger partial charge in [0.15, 0.2) is 0 Å². The van der Waals surface area contributed by atoms with Crippen LogP contribution in [0, 0.1) is 0 Å². The lowest BCUT2D eigenvalue weighted by molar-refractivity contribution is -0.135. The first-order valence-corrected chi connectivity index (χ1v) is 12.0. The first-order valence-electron chi connectivity index (χ1n) is 12.0. The largest absolute Gasteiger partial charge is 0.387 e. The minimum Gasteiger partial charge on any atom is -0.387 e. The minimum absolute atomic E-state index is 0.135. The molecule has 3 N–H and O–H groups in total. The lowest BCUT2D eigenvalue weighted by Crippen LogP contribution is -2.44. The number of H-pyrrole nitrogens is 1. The van der Waals surface area contributed by atoms with Gasteiger partial charge in [0.05, 0.1) is 22.7 Å². The third kappa shape index (κ3) is 6.09. The molecule has 1 aliphatic rings. The predicted molar refractivity (Wildman–Crippen MR) is 145 cm³/mol. The van der Waals surface area contributed by atoms with Crippen LogP contribution in [0.3, 0.4) is 0 Å². The van der Waals surface area contributed by atoms with Gasteiger partial charge in [0.25, 0.3) is 5.56 Å². The van der Waals surface area contributed by atoms with Gasteiger partial charge >= 0.3 is 5.69 Å². The summed E-state index contributed by atoms with van der Waals surface area (Å²) in [6.07, 6.45) is 6.72. The summed E-state index contributed by atoms with van der Waals surface area (Å²) < 4.78 is 1.50. The van der Waals surface area contributed by atoms with E-state index in [4.69, 9.17) is 4.99 Å². The molecule has 0 spiro atoms. The predicted octanol–water partition coefficient (Wildman–Crippen LogP) is 1.51. The number of aliphatic hydroxyl groups excluding tert-OH is 1. The molecule has 1 aliphatic heterocycles. The molecule has 3 rings (SSSR count). The highest BCUT2D eigenvalue weighted by molar-refractivity contribution is 6.10. The summed E-state index contributed by atoms with van der Waals surface area (Å²) in [4.78, 5) is 66.2. The van der Waals surface area contributed by atoms with Crippen LogP contribution in [0.1, 0.15) is 56.5 Å². The number of nitrogens with one attached hydrogen (secondary N) is 2. The highest BCUT2D eigenvalue weighted by atomic mass is 16.3. The van der Waals surface area contributed by atoms with Crippen LogP contribution in [0.2, 0.25) is 0 Å². The van der Waals surface area contributed by atoms with E-state index < -0.39 is 17.9 Å². The van der Waals surface area contributed by atoms with Gasteiger partial charge in [-0.25, -0.2) is 19.8 Å². The number of anilines is 1. The second-order valence-corrected chi connectivity index (χ2v) is 8.89. The fraction of sp³-hybridized carbons (Fsp3) is 0.346. The van der Waals surface area contributed by atoms with Gasteiger partial charge in [-0.2, -0.15) is 0 Å². The van der Waals surface area contributed by atoms with Crippen LogP contribution in [-0.2, 0) is 9.59 Å². The fourth-order valence-electron chi connectivity index (χ4n) is 4.25. The number of aliphatic hydroxyl groups is 1. The Morgan fingerprint density at radius 3 is 2.32 bits per heavy atom. The average molecular weight is 522 g/mol. The van der Waals surface area contributed by atoms with Crippen molar-refractivity contribution in [2.24, 2.45) is 4.99 Å². The normalized spacial score (nSPS) is 14.1. The van der Waals surface area contributed by atoms with Crippen molar-refractivity contribution in [1.82, 2.24) is 24.4 Å². The molecule has 38 heavy (non-hydrogen) atoms. The van der Waals surface area contributed by atoms with Crippen molar-refractivity contribution in [3.05, 3.63) is 74.9 Å². The quantitative estimate of drug-likeness (QED) is 0.443. The van der Waals surface area contributed by atoms with Crippen LogP contribution in [0.5, 0.6) is 0 Å². The van der Waals surface area contributed by atoms with Crippen molar-refractivity contribution in [2.45, 2.75) is 39.7 Å². The number of hydrogen-bond donors (Lipinski definition) is 3. The zero-order chi connectivity index (χ0) is 28.0. The van der Waals surface area contributed by atoms with Gasteiger partial charge in [0, 0.05) is 44.0 Å². The first-order chi connectivity index (χ1) is 18.1. The molecule has 2 aromatic heterocycles. The number of likely N-dealkylation sites (tertiary alicyclic amines) is 1. The van der Waals surface area contributed by atoms with E-state index in [2.05, 4.69) is 33.4 Å². The van der Waals surface area contributed by atoms with E-state index in [0.717, 1.165) is 5.57 Å². The van der Waals surface area contributed by atoms with Gasteiger partial charge in [0.1, 0.15) is 6.61 Å². The van der Waals surface area contributed by atoms with Crippen molar-refractivity contribution in [3.63, 3.8) is 0 Å². The van der Waals surface area contributed by atoms with Gasteiger partial charge < -0.3 is 10.0 Å². The Balaban J connectivity index is 2.15. The molecule has 12 nitrogen and oxygen atoms in total. The molecule has 2 amide bonds. The van der Waals surface area contributed by atoms with E-state index in [9.17, 15) is 24.3 Å². The third-order valence-electron chi connectivity index (χ3n) is 6.06. The topological polar surface area (TPSA) is 163 Å². The summed E-state index contributed by atoms with van der Waals surface area (Å²) in [6.45, 7) is 12.7. The van der Waals surface area contributed by atoms with E-state index in [1.807, 2.05) is 0 Å². The molecule has 0 aliphatic carbocycles. The number of aliphatic imine (C=N–C) groups is 1. The van der Waals surface area contributed by atoms with Crippen LogP contribution in [0.15, 0.2) is 51.8 Å². The van der Waals surface area contributed by atoms with Gasteiger partial charge in [-0.1, -0.05) is 19.2 Å². The number of rotatable bonds is 8. The lowest BCUT2D eigenvalue weighted by Gasteiger charge is -2.34. The molecule has 1 fully saturated rings. The molecule has 2 aromatic rings. The van der Waals surface area contributed by atoms with Crippen molar-refractivity contribution >= 4 is 35.2 Å². The number of carbonyl (C=O) groups is 2.